The second-order valence-electron chi connectivity index (χ2n) is 10.9. The fourth-order valence-electron chi connectivity index (χ4n) is 6.07. The van der Waals surface area contributed by atoms with Crippen molar-refractivity contribution in [1.82, 2.24) is 19.9 Å². The standard InChI is InChI=1S/C39H28N4/c1-25-29-17-19-31(40-29)37(26-11-5-2-6-12-26)33-21-23-35(42-33)39(28-15-9-4-10-16-28)36-24-22-34(43-36)38(27-13-7-3-8-14-27)32-20-18-30(25)41-32/h2-24,40,43H,1H3. The van der Waals surface area contributed by atoms with E-state index in [1.807, 2.05) is 18.2 Å². The Kier molecular flexibility index (Phi) is 5.97. The van der Waals surface area contributed by atoms with Crippen LogP contribution in [0.5, 0.6) is 0 Å². The van der Waals surface area contributed by atoms with Crippen LogP contribution in [-0.2, 0) is 0 Å². The van der Waals surface area contributed by atoms with Crippen LogP contribution in [0.1, 0.15) is 28.3 Å². The fraction of sp³-hybridized carbons (Fsp3) is 0.0256. The Morgan fingerprint density at radius 1 is 0.372 bits per heavy atom. The molecule has 0 atom stereocenters. The Morgan fingerprint density at radius 2 is 0.698 bits per heavy atom. The van der Waals surface area contributed by atoms with E-state index in [9.17, 15) is 0 Å². The van der Waals surface area contributed by atoms with Gasteiger partial charge in [-0.15, -0.1) is 0 Å². The molecule has 43 heavy (non-hydrogen) atoms. The van der Waals surface area contributed by atoms with E-state index in [2.05, 4.69) is 138 Å². The maximum atomic E-state index is 5.29. The third-order valence-electron chi connectivity index (χ3n) is 8.20. The quantitative estimate of drug-likeness (QED) is 0.229. The highest BCUT2D eigenvalue weighted by atomic mass is 14.8. The van der Waals surface area contributed by atoms with E-state index in [0.29, 0.717) is 0 Å². The van der Waals surface area contributed by atoms with Crippen LogP contribution in [0.4, 0.5) is 0 Å². The van der Waals surface area contributed by atoms with Crippen molar-refractivity contribution in [3.63, 3.8) is 0 Å². The lowest BCUT2D eigenvalue weighted by molar-refractivity contribution is 1.27. The molecule has 0 amide bonds. The van der Waals surface area contributed by atoms with Gasteiger partial charge >= 0.3 is 0 Å². The van der Waals surface area contributed by atoms with Crippen molar-refractivity contribution in [2.75, 3.05) is 0 Å². The summed E-state index contributed by atoms with van der Waals surface area (Å²) in [6.45, 7) is 2.13. The zero-order valence-electron chi connectivity index (χ0n) is 23.7. The summed E-state index contributed by atoms with van der Waals surface area (Å²) in [6, 6.07) is 40.1. The van der Waals surface area contributed by atoms with Gasteiger partial charge < -0.3 is 9.97 Å². The van der Waals surface area contributed by atoms with Crippen LogP contribution >= 0.6 is 0 Å². The molecule has 0 saturated heterocycles. The Morgan fingerprint density at radius 3 is 1.12 bits per heavy atom. The smallest absolute Gasteiger partial charge is 0.0737 e. The highest BCUT2D eigenvalue weighted by molar-refractivity contribution is 5.97. The lowest BCUT2D eigenvalue weighted by atomic mass is 10.0. The van der Waals surface area contributed by atoms with Gasteiger partial charge in [-0.3, -0.25) is 0 Å². The molecule has 0 spiro atoms. The van der Waals surface area contributed by atoms with Crippen molar-refractivity contribution >= 4 is 46.4 Å². The molecule has 4 heteroatoms. The van der Waals surface area contributed by atoms with E-state index in [4.69, 9.17) is 9.97 Å². The second kappa shape index (κ2) is 10.3. The number of benzene rings is 3. The van der Waals surface area contributed by atoms with Gasteiger partial charge in [-0.2, -0.15) is 0 Å². The normalized spacial score (nSPS) is 12.1. The van der Waals surface area contributed by atoms with Crippen LogP contribution < -0.4 is 0 Å². The van der Waals surface area contributed by atoms with E-state index in [0.717, 1.165) is 83.8 Å². The number of aromatic amines is 2. The van der Waals surface area contributed by atoms with Crippen molar-refractivity contribution in [2.45, 2.75) is 6.92 Å². The van der Waals surface area contributed by atoms with Gasteiger partial charge in [0.15, 0.2) is 0 Å². The van der Waals surface area contributed by atoms with Crippen molar-refractivity contribution < 1.29 is 0 Å². The fourth-order valence-corrected chi connectivity index (χ4v) is 6.07. The average molecular weight is 553 g/mol. The van der Waals surface area contributed by atoms with Crippen molar-refractivity contribution in [2.24, 2.45) is 0 Å². The number of nitrogens with one attached hydrogen (secondary N) is 2. The third kappa shape index (κ3) is 4.41. The summed E-state index contributed by atoms with van der Waals surface area (Å²) in [6.07, 6.45) is 8.50. The Bertz CT molecular complexity index is 2180. The Hall–Kier alpha value is -5.74. The van der Waals surface area contributed by atoms with E-state index < -0.39 is 0 Å². The predicted molar refractivity (Wildman–Crippen MR) is 180 cm³/mol. The molecule has 3 aromatic heterocycles. The van der Waals surface area contributed by atoms with Crippen LogP contribution in [0.2, 0.25) is 0 Å². The van der Waals surface area contributed by atoms with Gasteiger partial charge in [0.2, 0.25) is 0 Å². The van der Waals surface area contributed by atoms with E-state index in [1.54, 1.807) is 0 Å². The summed E-state index contributed by atoms with van der Waals surface area (Å²) in [4.78, 5) is 17.9. The summed E-state index contributed by atoms with van der Waals surface area (Å²) in [5.74, 6) is 0. The lowest BCUT2D eigenvalue weighted by Crippen LogP contribution is -1.89. The number of aromatic nitrogens is 4. The summed E-state index contributed by atoms with van der Waals surface area (Å²) >= 11 is 0. The van der Waals surface area contributed by atoms with Gasteiger partial charge in [-0.1, -0.05) is 91.0 Å². The zero-order valence-corrected chi connectivity index (χ0v) is 23.7. The molecule has 0 radical (unpaired) electrons. The van der Waals surface area contributed by atoms with E-state index in [-0.39, 0.29) is 0 Å². The number of hydrogen-bond donors (Lipinski definition) is 2. The van der Waals surface area contributed by atoms with Crippen molar-refractivity contribution in [1.29, 1.82) is 0 Å². The van der Waals surface area contributed by atoms with Gasteiger partial charge in [0.05, 0.1) is 22.8 Å². The summed E-state index contributed by atoms with van der Waals surface area (Å²) in [7, 11) is 0. The topological polar surface area (TPSA) is 57.4 Å². The summed E-state index contributed by atoms with van der Waals surface area (Å²) in [5, 5.41) is 0. The molecule has 8 bridgehead atoms. The number of aryl methyl sites for hydroxylation is 1. The first-order chi connectivity index (χ1) is 21.2. The Labute approximate surface area is 249 Å². The maximum Gasteiger partial charge on any atom is 0.0737 e. The minimum Gasteiger partial charge on any atom is -0.355 e. The molecule has 0 aliphatic carbocycles. The van der Waals surface area contributed by atoms with E-state index in [1.165, 1.54) is 0 Å². The predicted octanol–water partition coefficient (Wildman–Crippen LogP) is 9.97. The van der Waals surface area contributed by atoms with Gasteiger partial charge in [0.1, 0.15) is 0 Å². The molecule has 5 heterocycles. The molecule has 6 aromatic rings. The first-order valence-electron chi connectivity index (χ1n) is 14.5. The highest BCUT2D eigenvalue weighted by Gasteiger charge is 2.17. The van der Waals surface area contributed by atoms with Gasteiger partial charge in [0.25, 0.3) is 0 Å². The molecule has 2 N–H and O–H groups in total. The van der Waals surface area contributed by atoms with Crippen LogP contribution in [0.25, 0.3) is 79.8 Å². The number of rotatable bonds is 3. The second-order valence-corrected chi connectivity index (χ2v) is 10.9. The van der Waals surface area contributed by atoms with Crippen molar-refractivity contribution in [3.8, 4) is 33.4 Å². The molecule has 3 aromatic carbocycles. The largest absolute Gasteiger partial charge is 0.355 e. The van der Waals surface area contributed by atoms with Crippen LogP contribution in [0.3, 0.4) is 0 Å². The lowest BCUT2D eigenvalue weighted by Gasteiger charge is -2.06. The Balaban J connectivity index is 1.56. The van der Waals surface area contributed by atoms with Gasteiger partial charge in [0, 0.05) is 38.8 Å². The molecular formula is C39H28N4. The monoisotopic (exact) mass is 552 g/mol. The molecule has 204 valence electrons. The maximum absolute atomic E-state index is 5.29. The zero-order chi connectivity index (χ0) is 28.8. The summed E-state index contributed by atoms with van der Waals surface area (Å²) < 4.78 is 0. The van der Waals surface area contributed by atoms with Crippen LogP contribution in [0, 0.1) is 6.92 Å². The van der Waals surface area contributed by atoms with Gasteiger partial charge in [-0.25, -0.2) is 9.97 Å². The number of nitrogens with zero attached hydrogens (tertiary/aromatic N) is 2. The van der Waals surface area contributed by atoms with E-state index >= 15 is 0 Å². The number of H-pyrrole nitrogens is 2. The van der Waals surface area contributed by atoms with Crippen molar-refractivity contribution in [3.05, 3.63) is 144 Å². The number of fused-ring (bicyclic) bond motifs is 8. The highest BCUT2D eigenvalue weighted by Crippen LogP contribution is 2.36. The summed E-state index contributed by atoms with van der Waals surface area (Å²) in [5.41, 5.74) is 15.4. The first kappa shape index (κ1) is 25.0. The molecule has 8 rings (SSSR count). The molecular weight excluding hydrogens is 524 g/mol. The SMILES string of the molecule is Cc1c2nc(c(-c3ccccc3)c3ccc([nH]3)c(-c3ccccc3)c3nc(c(-c4ccccc4)c4ccc1[nH]4)C=C3)C=C2. The molecule has 0 unspecified atom stereocenters. The third-order valence-corrected chi connectivity index (χ3v) is 8.20. The molecule has 2 aliphatic heterocycles. The minimum atomic E-state index is 0.916. The molecule has 0 fully saturated rings. The number of hydrogen-bond acceptors (Lipinski definition) is 2. The average Bonchev–Trinajstić information content (AvgIpc) is 3.88. The van der Waals surface area contributed by atoms with Crippen LogP contribution in [0.15, 0.2) is 115 Å². The van der Waals surface area contributed by atoms with Crippen LogP contribution in [-0.4, -0.2) is 19.9 Å². The molecule has 4 nitrogen and oxygen atoms in total. The van der Waals surface area contributed by atoms with Gasteiger partial charge in [-0.05, 0) is 77.7 Å². The molecule has 0 saturated carbocycles. The molecule has 2 aliphatic rings. The minimum absolute atomic E-state index is 0.916. The first-order valence-corrected chi connectivity index (χ1v) is 14.5.